The molecule has 0 saturated carbocycles. The van der Waals surface area contributed by atoms with Crippen LogP contribution in [0, 0.1) is 11.8 Å². The second-order valence-corrected chi connectivity index (χ2v) is 9.31. The van der Waals surface area contributed by atoms with Gasteiger partial charge in [-0.3, -0.25) is 4.90 Å². The van der Waals surface area contributed by atoms with Gasteiger partial charge < -0.3 is 14.7 Å². The van der Waals surface area contributed by atoms with Crippen molar-refractivity contribution in [3.8, 4) is 0 Å². The number of ether oxygens (including phenoxy) is 1. The number of hydrogen-bond acceptors (Lipinski definition) is 4. The van der Waals surface area contributed by atoms with E-state index in [-0.39, 0.29) is 11.7 Å². The fourth-order valence-electron chi connectivity index (χ4n) is 4.50. The lowest BCUT2D eigenvalue weighted by Gasteiger charge is -2.43. The van der Waals surface area contributed by atoms with Gasteiger partial charge in [0.15, 0.2) is 0 Å². The minimum Gasteiger partial charge on any atom is -0.393 e. The fraction of sp³-hybridized carbons (Fsp3) is 1.00. The molecule has 3 atom stereocenters. The van der Waals surface area contributed by atoms with E-state index in [9.17, 15) is 5.11 Å². The van der Waals surface area contributed by atoms with Gasteiger partial charge in [-0.15, -0.1) is 0 Å². The minimum atomic E-state index is -0.196. The topological polar surface area (TPSA) is 35.9 Å². The molecule has 0 aromatic heterocycles. The molecule has 0 radical (unpaired) electrons. The molecular formula is C21H42N2O2. The molecule has 4 heteroatoms. The van der Waals surface area contributed by atoms with Gasteiger partial charge in [0.1, 0.15) is 0 Å². The van der Waals surface area contributed by atoms with E-state index in [0.29, 0.717) is 23.9 Å². The Morgan fingerprint density at radius 2 is 1.64 bits per heavy atom. The molecule has 0 aromatic rings. The van der Waals surface area contributed by atoms with Gasteiger partial charge in [0.05, 0.1) is 18.3 Å². The van der Waals surface area contributed by atoms with E-state index in [1.165, 1.54) is 32.4 Å². The maximum Gasteiger partial charge on any atom is 0.0656 e. The normalized spacial score (nSPS) is 27.6. The van der Waals surface area contributed by atoms with E-state index in [0.717, 1.165) is 26.1 Å². The van der Waals surface area contributed by atoms with Crippen molar-refractivity contribution in [2.75, 3.05) is 32.8 Å². The average molecular weight is 355 g/mol. The van der Waals surface area contributed by atoms with Crippen molar-refractivity contribution >= 4 is 0 Å². The first kappa shape index (κ1) is 21.1. The van der Waals surface area contributed by atoms with Crippen molar-refractivity contribution in [1.82, 2.24) is 9.80 Å². The van der Waals surface area contributed by atoms with Gasteiger partial charge in [0, 0.05) is 18.6 Å². The van der Waals surface area contributed by atoms with E-state index >= 15 is 0 Å². The van der Waals surface area contributed by atoms with Crippen molar-refractivity contribution in [1.29, 1.82) is 0 Å². The van der Waals surface area contributed by atoms with Crippen LogP contribution >= 0.6 is 0 Å². The molecule has 0 bridgehead atoms. The van der Waals surface area contributed by atoms with Crippen LogP contribution in [0.15, 0.2) is 0 Å². The van der Waals surface area contributed by atoms with Crippen molar-refractivity contribution < 1.29 is 9.84 Å². The van der Waals surface area contributed by atoms with Crippen LogP contribution in [-0.4, -0.2) is 71.5 Å². The van der Waals surface area contributed by atoms with Gasteiger partial charge in [0.25, 0.3) is 0 Å². The Labute approximate surface area is 155 Å². The van der Waals surface area contributed by atoms with Crippen molar-refractivity contribution in [3.05, 3.63) is 0 Å². The van der Waals surface area contributed by atoms with Gasteiger partial charge in [-0.1, -0.05) is 0 Å². The highest BCUT2D eigenvalue weighted by Gasteiger charge is 2.35. The highest BCUT2D eigenvalue weighted by atomic mass is 16.5. The van der Waals surface area contributed by atoms with E-state index < -0.39 is 0 Å². The van der Waals surface area contributed by atoms with Crippen LogP contribution in [0.3, 0.4) is 0 Å². The highest BCUT2D eigenvalue weighted by Crippen LogP contribution is 2.32. The second-order valence-electron chi connectivity index (χ2n) is 9.31. The van der Waals surface area contributed by atoms with E-state index in [2.05, 4.69) is 44.4 Å². The zero-order chi connectivity index (χ0) is 18.6. The quantitative estimate of drug-likeness (QED) is 0.760. The number of rotatable bonds is 7. The maximum atomic E-state index is 9.90. The maximum absolute atomic E-state index is 9.90. The summed E-state index contributed by atoms with van der Waals surface area (Å²) >= 11 is 0. The molecule has 148 valence electrons. The van der Waals surface area contributed by atoms with Gasteiger partial charge in [0.2, 0.25) is 0 Å². The largest absolute Gasteiger partial charge is 0.393 e. The average Bonchev–Trinajstić information content (AvgIpc) is 2.60. The minimum absolute atomic E-state index is 0.0449. The zero-order valence-corrected chi connectivity index (χ0v) is 17.5. The van der Waals surface area contributed by atoms with E-state index in [4.69, 9.17) is 4.74 Å². The van der Waals surface area contributed by atoms with Gasteiger partial charge in [-0.2, -0.15) is 0 Å². The SMILES string of the molecule is CC(C)N1CCC(C(C)(C)OCC(C)N2CCC[C@@H]([C@H](C)O)C2)CC1. The molecule has 0 aliphatic carbocycles. The number of piperidine rings is 2. The summed E-state index contributed by atoms with van der Waals surface area (Å²) in [7, 11) is 0. The van der Waals surface area contributed by atoms with Crippen LogP contribution in [-0.2, 0) is 4.74 Å². The summed E-state index contributed by atoms with van der Waals surface area (Å²) in [5.74, 6) is 1.07. The summed E-state index contributed by atoms with van der Waals surface area (Å²) in [6.07, 6.45) is 4.64. The summed E-state index contributed by atoms with van der Waals surface area (Å²) in [4.78, 5) is 5.09. The van der Waals surface area contributed by atoms with E-state index in [1.807, 2.05) is 6.92 Å². The number of aliphatic hydroxyl groups is 1. The lowest BCUT2D eigenvalue weighted by molar-refractivity contribution is -0.0973. The third-order valence-electron chi connectivity index (χ3n) is 6.73. The standard InChI is InChI=1S/C21H42N2O2/c1-16(2)22-12-9-20(10-13-22)21(5,6)25-15-17(3)23-11-7-8-19(14-23)18(4)24/h16-20,24H,7-15H2,1-6H3/t17?,18-,19+/m0/s1. The van der Waals surface area contributed by atoms with Crippen LogP contribution in [0.4, 0.5) is 0 Å². The molecule has 2 aliphatic heterocycles. The third-order valence-corrected chi connectivity index (χ3v) is 6.73. The molecule has 0 aromatic carbocycles. The Morgan fingerprint density at radius 3 is 2.20 bits per heavy atom. The lowest BCUT2D eigenvalue weighted by Crippen LogP contribution is -2.49. The zero-order valence-electron chi connectivity index (χ0n) is 17.5. The summed E-state index contributed by atoms with van der Waals surface area (Å²) in [6, 6.07) is 1.09. The van der Waals surface area contributed by atoms with Crippen LogP contribution in [0.2, 0.25) is 0 Å². The first-order chi connectivity index (χ1) is 11.7. The second kappa shape index (κ2) is 9.16. The molecular weight excluding hydrogens is 312 g/mol. The Balaban J connectivity index is 1.79. The molecule has 4 nitrogen and oxygen atoms in total. The van der Waals surface area contributed by atoms with Gasteiger partial charge >= 0.3 is 0 Å². The van der Waals surface area contributed by atoms with Crippen LogP contribution < -0.4 is 0 Å². The first-order valence-corrected chi connectivity index (χ1v) is 10.5. The Morgan fingerprint density at radius 1 is 1.00 bits per heavy atom. The third kappa shape index (κ3) is 5.92. The van der Waals surface area contributed by atoms with Crippen LogP contribution in [0.25, 0.3) is 0 Å². The number of likely N-dealkylation sites (tertiary alicyclic amines) is 2. The van der Waals surface area contributed by atoms with Crippen LogP contribution in [0.1, 0.15) is 67.2 Å². The lowest BCUT2D eigenvalue weighted by atomic mass is 9.82. The summed E-state index contributed by atoms with van der Waals surface area (Å²) < 4.78 is 6.45. The molecule has 2 rings (SSSR count). The molecule has 1 N–H and O–H groups in total. The molecule has 25 heavy (non-hydrogen) atoms. The van der Waals surface area contributed by atoms with Crippen LogP contribution in [0.5, 0.6) is 0 Å². The van der Waals surface area contributed by atoms with Gasteiger partial charge in [-0.25, -0.2) is 0 Å². The molecule has 0 amide bonds. The van der Waals surface area contributed by atoms with E-state index in [1.54, 1.807) is 0 Å². The Hall–Kier alpha value is -0.160. The molecule has 1 unspecified atom stereocenters. The number of nitrogens with zero attached hydrogens (tertiary/aromatic N) is 2. The number of hydrogen-bond donors (Lipinski definition) is 1. The highest BCUT2D eigenvalue weighted by molar-refractivity contribution is 4.87. The molecule has 0 spiro atoms. The molecule has 2 aliphatic rings. The predicted molar refractivity (Wildman–Crippen MR) is 105 cm³/mol. The molecule has 2 saturated heterocycles. The summed E-state index contributed by atoms with van der Waals surface area (Å²) in [5, 5.41) is 9.90. The fourth-order valence-corrected chi connectivity index (χ4v) is 4.50. The summed E-state index contributed by atoms with van der Waals surface area (Å²) in [6.45, 7) is 18.7. The monoisotopic (exact) mass is 354 g/mol. The Bertz CT molecular complexity index is 389. The van der Waals surface area contributed by atoms with Crippen molar-refractivity contribution in [2.24, 2.45) is 11.8 Å². The number of aliphatic hydroxyl groups excluding tert-OH is 1. The van der Waals surface area contributed by atoms with Gasteiger partial charge in [-0.05, 0) is 98.7 Å². The van der Waals surface area contributed by atoms with Crippen molar-refractivity contribution in [3.63, 3.8) is 0 Å². The molecule has 2 heterocycles. The predicted octanol–water partition coefficient (Wildman–Crippen LogP) is 3.38. The first-order valence-electron chi connectivity index (χ1n) is 10.5. The van der Waals surface area contributed by atoms with Crippen molar-refractivity contribution in [2.45, 2.75) is 91.0 Å². The smallest absolute Gasteiger partial charge is 0.0656 e. The Kier molecular flexibility index (Phi) is 7.75. The summed E-state index contributed by atoms with van der Waals surface area (Å²) in [5.41, 5.74) is -0.0449. The molecule has 2 fully saturated rings.